The maximum absolute atomic E-state index is 9.62. The lowest BCUT2D eigenvalue weighted by Gasteiger charge is -2.10. The Morgan fingerprint density at radius 3 is 2.94 bits per heavy atom. The zero-order valence-corrected chi connectivity index (χ0v) is 9.93. The minimum atomic E-state index is -0.419. The third-order valence-corrected chi connectivity index (χ3v) is 2.27. The van der Waals surface area contributed by atoms with E-state index >= 15 is 0 Å². The van der Waals surface area contributed by atoms with E-state index in [1.54, 1.807) is 11.8 Å². The molecule has 0 saturated carbocycles. The van der Waals surface area contributed by atoms with Crippen molar-refractivity contribution in [3.05, 3.63) is 18.0 Å². The predicted molar refractivity (Wildman–Crippen MR) is 60.2 cm³/mol. The third kappa shape index (κ3) is 5.25. The summed E-state index contributed by atoms with van der Waals surface area (Å²) in [6.07, 6.45) is 4.87. The molecule has 0 saturated heterocycles. The first-order chi connectivity index (χ1) is 7.72. The number of methoxy groups -OCH3 is 1. The van der Waals surface area contributed by atoms with Gasteiger partial charge in [0, 0.05) is 20.4 Å². The largest absolute Gasteiger partial charge is 0.391 e. The van der Waals surface area contributed by atoms with Crippen LogP contribution in [0.1, 0.15) is 12.0 Å². The van der Waals surface area contributed by atoms with E-state index in [1.165, 1.54) is 0 Å². The maximum Gasteiger partial charge on any atom is 0.0776 e. The fourth-order valence-electron chi connectivity index (χ4n) is 1.38. The van der Waals surface area contributed by atoms with Gasteiger partial charge in [-0.1, -0.05) is 0 Å². The Hall–Kier alpha value is -0.910. The van der Waals surface area contributed by atoms with Crippen LogP contribution in [-0.2, 0) is 22.9 Å². The fraction of sp³-hybridized carbons (Fsp3) is 0.727. The molecule has 1 rings (SSSR count). The molecule has 0 aromatic carbocycles. The van der Waals surface area contributed by atoms with Gasteiger partial charge < -0.3 is 14.6 Å². The molecule has 1 N–H and O–H groups in total. The molecule has 5 nitrogen and oxygen atoms in total. The standard InChI is InChI=1S/C11H20N2O3/c1-13-8-10(7-12-13)3-4-11(14)9-16-6-5-15-2/h7-8,11,14H,3-6,9H2,1-2H3. The first-order valence-electron chi connectivity index (χ1n) is 5.44. The molecule has 1 atom stereocenters. The Balaban J connectivity index is 2.08. The van der Waals surface area contributed by atoms with Crippen molar-refractivity contribution in [2.75, 3.05) is 26.9 Å². The van der Waals surface area contributed by atoms with Crippen LogP contribution in [0.2, 0.25) is 0 Å². The molecule has 5 heteroatoms. The highest BCUT2D eigenvalue weighted by molar-refractivity contribution is 5.03. The lowest BCUT2D eigenvalue weighted by molar-refractivity contribution is 0.0106. The van der Waals surface area contributed by atoms with Gasteiger partial charge in [-0.15, -0.1) is 0 Å². The van der Waals surface area contributed by atoms with E-state index in [2.05, 4.69) is 5.10 Å². The van der Waals surface area contributed by atoms with Crippen molar-refractivity contribution < 1.29 is 14.6 Å². The van der Waals surface area contributed by atoms with Gasteiger partial charge in [0.1, 0.15) is 0 Å². The first-order valence-corrected chi connectivity index (χ1v) is 5.44. The van der Waals surface area contributed by atoms with Crippen LogP contribution >= 0.6 is 0 Å². The molecule has 0 bridgehead atoms. The smallest absolute Gasteiger partial charge is 0.0776 e. The SMILES string of the molecule is COCCOCC(O)CCc1cnn(C)c1. The second-order valence-electron chi connectivity index (χ2n) is 3.78. The molecule has 1 unspecified atom stereocenters. The van der Waals surface area contributed by atoms with Gasteiger partial charge in [0.2, 0.25) is 0 Å². The molecular weight excluding hydrogens is 208 g/mol. The Morgan fingerprint density at radius 1 is 1.50 bits per heavy atom. The summed E-state index contributed by atoms with van der Waals surface area (Å²) in [5.74, 6) is 0. The van der Waals surface area contributed by atoms with E-state index in [1.807, 2.05) is 19.4 Å². The van der Waals surface area contributed by atoms with Gasteiger partial charge in [0.05, 0.1) is 32.1 Å². The van der Waals surface area contributed by atoms with E-state index in [9.17, 15) is 5.11 Å². The van der Waals surface area contributed by atoms with Gasteiger partial charge >= 0.3 is 0 Å². The quantitative estimate of drug-likeness (QED) is 0.653. The predicted octanol–water partition coefficient (Wildman–Crippen LogP) is 0.377. The number of hydrogen-bond acceptors (Lipinski definition) is 4. The van der Waals surface area contributed by atoms with Crippen molar-refractivity contribution in [1.29, 1.82) is 0 Å². The van der Waals surface area contributed by atoms with Crippen LogP contribution in [0.3, 0.4) is 0 Å². The highest BCUT2D eigenvalue weighted by atomic mass is 16.5. The van der Waals surface area contributed by atoms with E-state index in [0.717, 1.165) is 12.0 Å². The van der Waals surface area contributed by atoms with Crippen molar-refractivity contribution in [2.24, 2.45) is 7.05 Å². The van der Waals surface area contributed by atoms with E-state index in [0.29, 0.717) is 26.2 Å². The number of rotatable bonds is 8. The van der Waals surface area contributed by atoms with Crippen molar-refractivity contribution in [2.45, 2.75) is 18.9 Å². The van der Waals surface area contributed by atoms with Gasteiger partial charge in [-0.05, 0) is 18.4 Å². The zero-order chi connectivity index (χ0) is 11.8. The van der Waals surface area contributed by atoms with Gasteiger partial charge in [-0.2, -0.15) is 5.10 Å². The van der Waals surface area contributed by atoms with Crippen molar-refractivity contribution in [1.82, 2.24) is 9.78 Å². The Labute approximate surface area is 96.0 Å². The van der Waals surface area contributed by atoms with E-state index < -0.39 is 6.10 Å². The number of ether oxygens (including phenoxy) is 2. The molecular formula is C11H20N2O3. The van der Waals surface area contributed by atoms with Crippen LogP contribution in [0.4, 0.5) is 0 Å². The maximum atomic E-state index is 9.62. The number of aliphatic hydroxyl groups excluding tert-OH is 1. The summed E-state index contributed by atoms with van der Waals surface area (Å²) >= 11 is 0. The second-order valence-corrected chi connectivity index (χ2v) is 3.78. The topological polar surface area (TPSA) is 56.5 Å². The lowest BCUT2D eigenvalue weighted by Crippen LogP contribution is -2.17. The molecule has 1 aromatic rings. The summed E-state index contributed by atoms with van der Waals surface area (Å²) in [6, 6.07) is 0. The van der Waals surface area contributed by atoms with Crippen LogP contribution in [-0.4, -0.2) is 47.9 Å². The van der Waals surface area contributed by atoms with Gasteiger partial charge in [-0.3, -0.25) is 4.68 Å². The molecule has 0 spiro atoms. The number of nitrogens with zero attached hydrogens (tertiary/aromatic N) is 2. The average Bonchev–Trinajstić information content (AvgIpc) is 2.68. The lowest BCUT2D eigenvalue weighted by atomic mass is 10.1. The van der Waals surface area contributed by atoms with Crippen LogP contribution in [0.5, 0.6) is 0 Å². The minimum Gasteiger partial charge on any atom is -0.391 e. The normalized spacial score (nSPS) is 12.9. The van der Waals surface area contributed by atoms with Crippen LogP contribution in [0, 0.1) is 0 Å². The monoisotopic (exact) mass is 228 g/mol. The molecule has 0 fully saturated rings. The summed E-state index contributed by atoms with van der Waals surface area (Å²) in [4.78, 5) is 0. The summed E-state index contributed by atoms with van der Waals surface area (Å²) in [6.45, 7) is 1.46. The molecule has 16 heavy (non-hydrogen) atoms. The van der Waals surface area contributed by atoms with Crippen LogP contribution < -0.4 is 0 Å². The Morgan fingerprint density at radius 2 is 2.31 bits per heavy atom. The Bertz CT molecular complexity index is 289. The highest BCUT2D eigenvalue weighted by Gasteiger charge is 2.05. The van der Waals surface area contributed by atoms with Crippen LogP contribution in [0.25, 0.3) is 0 Å². The van der Waals surface area contributed by atoms with Gasteiger partial charge in [0.15, 0.2) is 0 Å². The molecule has 0 aliphatic heterocycles. The molecule has 1 heterocycles. The van der Waals surface area contributed by atoms with Gasteiger partial charge in [0.25, 0.3) is 0 Å². The molecule has 0 radical (unpaired) electrons. The van der Waals surface area contributed by atoms with Gasteiger partial charge in [-0.25, -0.2) is 0 Å². The number of aliphatic hydroxyl groups is 1. The van der Waals surface area contributed by atoms with E-state index in [4.69, 9.17) is 9.47 Å². The number of aryl methyl sites for hydroxylation is 2. The summed E-state index contributed by atoms with van der Waals surface area (Å²) in [7, 11) is 3.51. The average molecular weight is 228 g/mol. The highest BCUT2D eigenvalue weighted by Crippen LogP contribution is 2.04. The molecule has 0 aliphatic rings. The fourth-order valence-corrected chi connectivity index (χ4v) is 1.38. The summed E-state index contributed by atoms with van der Waals surface area (Å²) < 4.78 is 11.8. The Kier molecular flexibility index (Phi) is 6.07. The molecule has 0 aliphatic carbocycles. The van der Waals surface area contributed by atoms with E-state index in [-0.39, 0.29) is 0 Å². The molecule has 92 valence electrons. The minimum absolute atomic E-state index is 0.365. The molecule has 0 amide bonds. The number of hydrogen-bond donors (Lipinski definition) is 1. The molecule has 1 aromatic heterocycles. The van der Waals surface area contributed by atoms with Crippen molar-refractivity contribution in [3.63, 3.8) is 0 Å². The first kappa shape index (κ1) is 13.2. The third-order valence-electron chi connectivity index (χ3n) is 2.27. The number of aromatic nitrogens is 2. The summed E-state index contributed by atoms with van der Waals surface area (Å²) in [5, 5.41) is 13.7. The van der Waals surface area contributed by atoms with Crippen molar-refractivity contribution >= 4 is 0 Å². The second kappa shape index (κ2) is 7.38. The van der Waals surface area contributed by atoms with Crippen LogP contribution in [0.15, 0.2) is 12.4 Å². The zero-order valence-electron chi connectivity index (χ0n) is 9.93. The van der Waals surface area contributed by atoms with Crippen molar-refractivity contribution in [3.8, 4) is 0 Å². The summed E-state index contributed by atoms with van der Waals surface area (Å²) in [5.41, 5.74) is 1.14.